The van der Waals surface area contributed by atoms with Crippen LogP contribution in [0.4, 0.5) is 5.82 Å². The van der Waals surface area contributed by atoms with E-state index in [0.29, 0.717) is 17.3 Å². The molecule has 1 aromatic heterocycles. The Kier molecular flexibility index (Phi) is 3.38. The first kappa shape index (κ1) is 10.6. The highest BCUT2D eigenvalue weighted by atomic mass is 35.5. The molecule has 0 spiro atoms. The SMILES string of the molecule is CCOC1CC(Nc2cncc(Cl)n2)C1. The van der Waals surface area contributed by atoms with Gasteiger partial charge < -0.3 is 10.1 Å². The summed E-state index contributed by atoms with van der Waals surface area (Å²) in [6.45, 7) is 2.80. The van der Waals surface area contributed by atoms with Gasteiger partial charge in [0.1, 0.15) is 11.0 Å². The molecule has 0 bridgehead atoms. The molecule has 0 atom stereocenters. The highest BCUT2D eigenvalue weighted by Crippen LogP contribution is 2.26. The Morgan fingerprint density at radius 2 is 2.33 bits per heavy atom. The minimum absolute atomic E-state index is 0.402. The molecule has 0 aromatic carbocycles. The quantitative estimate of drug-likeness (QED) is 0.856. The standard InChI is InChI=1S/C10H14ClN3O/c1-2-15-8-3-7(4-8)13-10-6-12-5-9(11)14-10/h5-8H,2-4H2,1H3,(H,13,14). The average molecular weight is 228 g/mol. The van der Waals surface area contributed by atoms with E-state index in [9.17, 15) is 0 Å². The molecule has 15 heavy (non-hydrogen) atoms. The fourth-order valence-electron chi connectivity index (χ4n) is 1.68. The molecule has 4 nitrogen and oxygen atoms in total. The van der Waals surface area contributed by atoms with Crippen molar-refractivity contribution in [2.24, 2.45) is 0 Å². The average Bonchev–Trinajstić information content (AvgIpc) is 2.15. The van der Waals surface area contributed by atoms with Crippen LogP contribution >= 0.6 is 11.6 Å². The molecule has 1 aliphatic carbocycles. The summed E-state index contributed by atoms with van der Waals surface area (Å²) < 4.78 is 5.47. The van der Waals surface area contributed by atoms with E-state index in [4.69, 9.17) is 16.3 Å². The third-order valence-corrected chi connectivity index (χ3v) is 2.64. The predicted octanol–water partition coefficient (Wildman–Crippen LogP) is 2.11. The Labute approximate surface area is 94.0 Å². The second-order valence-corrected chi connectivity index (χ2v) is 4.00. The predicted molar refractivity (Wildman–Crippen MR) is 59.1 cm³/mol. The summed E-state index contributed by atoms with van der Waals surface area (Å²) in [6.07, 6.45) is 5.67. The van der Waals surface area contributed by atoms with Gasteiger partial charge in [0, 0.05) is 12.6 Å². The number of nitrogens with zero attached hydrogens (tertiary/aromatic N) is 2. The largest absolute Gasteiger partial charge is 0.378 e. The Hall–Kier alpha value is -0.870. The van der Waals surface area contributed by atoms with Crippen LogP contribution in [0.25, 0.3) is 0 Å². The highest BCUT2D eigenvalue weighted by Gasteiger charge is 2.29. The number of rotatable bonds is 4. The maximum atomic E-state index is 5.73. The van der Waals surface area contributed by atoms with Crippen LogP contribution in [-0.2, 0) is 4.74 Å². The first-order valence-electron chi connectivity index (χ1n) is 5.13. The van der Waals surface area contributed by atoms with Crippen LogP contribution in [0.3, 0.4) is 0 Å². The second kappa shape index (κ2) is 4.77. The first-order chi connectivity index (χ1) is 7.28. The van der Waals surface area contributed by atoms with Gasteiger partial charge in [-0.2, -0.15) is 0 Å². The van der Waals surface area contributed by atoms with Crippen molar-refractivity contribution in [3.05, 3.63) is 17.5 Å². The number of halogens is 1. The van der Waals surface area contributed by atoms with E-state index >= 15 is 0 Å². The van der Waals surface area contributed by atoms with Gasteiger partial charge in [0.05, 0.1) is 18.5 Å². The zero-order chi connectivity index (χ0) is 10.7. The Morgan fingerprint density at radius 3 is 3.00 bits per heavy atom. The van der Waals surface area contributed by atoms with Crippen molar-refractivity contribution in [2.75, 3.05) is 11.9 Å². The molecule has 2 rings (SSSR count). The summed E-state index contributed by atoms with van der Waals surface area (Å²) in [7, 11) is 0. The van der Waals surface area contributed by atoms with Gasteiger partial charge >= 0.3 is 0 Å². The molecule has 0 saturated heterocycles. The molecule has 1 aliphatic rings. The van der Waals surface area contributed by atoms with Crippen LogP contribution < -0.4 is 5.32 Å². The summed E-state index contributed by atoms with van der Waals surface area (Å²) in [4.78, 5) is 8.08. The number of nitrogens with one attached hydrogen (secondary N) is 1. The minimum Gasteiger partial charge on any atom is -0.378 e. The summed E-state index contributed by atoms with van der Waals surface area (Å²) >= 11 is 5.73. The van der Waals surface area contributed by atoms with E-state index in [-0.39, 0.29) is 0 Å². The highest BCUT2D eigenvalue weighted by molar-refractivity contribution is 6.29. The van der Waals surface area contributed by atoms with Crippen LogP contribution in [0.5, 0.6) is 0 Å². The van der Waals surface area contributed by atoms with Gasteiger partial charge in [0.2, 0.25) is 0 Å². The summed E-state index contributed by atoms with van der Waals surface area (Å²) in [6, 6.07) is 0.439. The zero-order valence-corrected chi connectivity index (χ0v) is 9.37. The summed E-state index contributed by atoms with van der Waals surface area (Å²) in [5.41, 5.74) is 0. The minimum atomic E-state index is 0.402. The monoisotopic (exact) mass is 227 g/mol. The Morgan fingerprint density at radius 1 is 1.53 bits per heavy atom. The number of ether oxygens (including phenoxy) is 1. The molecule has 1 fully saturated rings. The van der Waals surface area contributed by atoms with Gasteiger partial charge in [-0.05, 0) is 19.8 Å². The zero-order valence-electron chi connectivity index (χ0n) is 8.61. The maximum Gasteiger partial charge on any atom is 0.149 e. The number of hydrogen-bond donors (Lipinski definition) is 1. The molecule has 0 radical (unpaired) electrons. The van der Waals surface area contributed by atoms with Gasteiger partial charge in [-0.1, -0.05) is 11.6 Å². The lowest BCUT2D eigenvalue weighted by Gasteiger charge is -2.35. The number of anilines is 1. The van der Waals surface area contributed by atoms with Crippen LogP contribution in [0.1, 0.15) is 19.8 Å². The lowest BCUT2D eigenvalue weighted by atomic mass is 9.89. The molecule has 0 amide bonds. The van der Waals surface area contributed by atoms with Gasteiger partial charge in [-0.25, -0.2) is 4.98 Å². The normalized spacial score (nSPS) is 24.7. The third-order valence-electron chi connectivity index (χ3n) is 2.45. The van der Waals surface area contributed by atoms with E-state index in [1.807, 2.05) is 6.92 Å². The second-order valence-electron chi connectivity index (χ2n) is 3.62. The Bertz CT molecular complexity index is 328. The van der Waals surface area contributed by atoms with E-state index < -0.39 is 0 Å². The van der Waals surface area contributed by atoms with Crippen molar-refractivity contribution in [3.63, 3.8) is 0 Å². The third kappa shape index (κ3) is 2.79. The molecule has 1 aromatic rings. The van der Waals surface area contributed by atoms with Crippen LogP contribution in [0, 0.1) is 0 Å². The van der Waals surface area contributed by atoms with Crippen molar-refractivity contribution in [2.45, 2.75) is 31.9 Å². The topological polar surface area (TPSA) is 47.0 Å². The first-order valence-corrected chi connectivity index (χ1v) is 5.51. The van der Waals surface area contributed by atoms with Crippen molar-refractivity contribution in [3.8, 4) is 0 Å². The molecule has 0 unspecified atom stereocenters. The van der Waals surface area contributed by atoms with Crippen molar-refractivity contribution in [1.29, 1.82) is 0 Å². The van der Waals surface area contributed by atoms with Crippen molar-refractivity contribution >= 4 is 17.4 Å². The van der Waals surface area contributed by atoms with Gasteiger partial charge in [0.15, 0.2) is 0 Å². The number of aromatic nitrogens is 2. The summed E-state index contributed by atoms with van der Waals surface area (Å²) in [5, 5.41) is 3.69. The molecular weight excluding hydrogens is 214 g/mol. The van der Waals surface area contributed by atoms with Crippen LogP contribution in [0.15, 0.2) is 12.4 Å². The van der Waals surface area contributed by atoms with E-state index in [2.05, 4.69) is 15.3 Å². The molecule has 1 saturated carbocycles. The molecule has 0 aliphatic heterocycles. The van der Waals surface area contributed by atoms with E-state index in [1.165, 1.54) is 6.20 Å². The Balaban J connectivity index is 1.80. The van der Waals surface area contributed by atoms with Crippen molar-refractivity contribution in [1.82, 2.24) is 9.97 Å². The van der Waals surface area contributed by atoms with Gasteiger partial charge in [-0.3, -0.25) is 4.98 Å². The molecule has 82 valence electrons. The fourth-order valence-corrected chi connectivity index (χ4v) is 1.82. The lowest BCUT2D eigenvalue weighted by molar-refractivity contribution is 0.00292. The van der Waals surface area contributed by atoms with E-state index in [1.54, 1.807) is 6.20 Å². The molecular formula is C10H14ClN3O. The number of hydrogen-bond acceptors (Lipinski definition) is 4. The maximum absolute atomic E-state index is 5.73. The fraction of sp³-hybridized carbons (Fsp3) is 0.600. The molecule has 1 N–H and O–H groups in total. The van der Waals surface area contributed by atoms with Crippen molar-refractivity contribution < 1.29 is 4.74 Å². The van der Waals surface area contributed by atoms with Gasteiger partial charge in [-0.15, -0.1) is 0 Å². The van der Waals surface area contributed by atoms with Crippen LogP contribution in [-0.4, -0.2) is 28.7 Å². The summed E-state index contributed by atoms with van der Waals surface area (Å²) in [5.74, 6) is 0.738. The van der Waals surface area contributed by atoms with Crippen LogP contribution in [0.2, 0.25) is 5.15 Å². The lowest BCUT2D eigenvalue weighted by Crippen LogP contribution is -2.41. The smallest absolute Gasteiger partial charge is 0.149 e. The molecule has 1 heterocycles. The van der Waals surface area contributed by atoms with E-state index in [0.717, 1.165) is 25.3 Å². The molecule has 5 heteroatoms. The van der Waals surface area contributed by atoms with Gasteiger partial charge in [0.25, 0.3) is 0 Å².